The molecule has 1 saturated heterocycles. The molecule has 0 atom stereocenters. The summed E-state index contributed by atoms with van der Waals surface area (Å²) < 4.78 is 10.2. The van der Waals surface area contributed by atoms with Gasteiger partial charge < -0.3 is 19.9 Å². The molecule has 0 amide bonds. The number of phenolic OH excluding ortho intramolecular Hbond substituents is 1. The summed E-state index contributed by atoms with van der Waals surface area (Å²) in [5.74, 6) is -3.10. The van der Waals surface area contributed by atoms with Crippen molar-refractivity contribution in [3.05, 3.63) is 69.3 Å². The Bertz CT molecular complexity index is 1290. The number of carbonyl (C=O) groups excluding carboxylic acids is 2. The number of fused-ring (bicyclic) bond motifs is 1. The summed E-state index contributed by atoms with van der Waals surface area (Å²) in [5, 5.41) is 15.4. The molecule has 32 heavy (non-hydrogen) atoms. The number of benzene rings is 3. The quantitative estimate of drug-likeness (QED) is 0.193. The Morgan fingerprint density at radius 1 is 0.969 bits per heavy atom. The molecular weight excluding hydrogens is 477 g/mol. The number of aromatic hydroxyl groups is 1. The summed E-state index contributed by atoms with van der Waals surface area (Å²) in [7, 11) is 0. The molecule has 0 aromatic heterocycles. The molecular formula is C23H16Cl3NO5. The SMILES string of the molecule is CC1(C)OC(=O)C(=CNc2c(-c3c(O)ccc4ccccc34)cc(Cl)c(Cl)c2Cl)C(=O)O1. The van der Waals surface area contributed by atoms with Crippen molar-refractivity contribution >= 4 is 63.2 Å². The van der Waals surface area contributed by atoms with Gasteiger partial charge in [-0.05, 0) is 22.9 Å². The molecule has 3 aromatic rings. The lowest BCUT2D eigenvalue weighted by Crippen LogP contribution is -2.42. The Kier molecular flexibility index (Phi) is 5.71. The second-order valence-corrected chi connectivity index (χ2v) is 8.63. The topological polar surface area (TPSA) is 84.9 Å². The molecule has 0 aliphatic carbocycles. The van der Waals surface area contributed by atoms with Crippen LogP contribution >= 0.6 is 34.8 Å². The lowest BCUT2D eigenvalue weighted by atomic mass is 9.95. The van der Waals surface area contributed by atoms with Crippen LogP contribution in [-0.4, -0.2) is 22.8 Å². The van der Waals surface area contributed by atoms with E-state index in [0.29, 0.717) is 11.1 Å². The van der Waals surface area contributed by atoms with Gasteiger partial charge >= 0.3 is 11.9 Å². The number of hydrogen-bond donors (Lipinski definition) is 2. The van der Waals surface area contributed by atoms with Gasteiger partial charge in [0.25, 0.3) is 5.79 Å². The minimum Gasteiger partial charge on any atom is -0.507 e. The highest BCUT2D eigenvalue weighted by Crippen LogP contribution is 2.47. The maximum atomic E-state index is 12.3. The van der Waals surface area contributed by atoms with E-state index in [2.05, 4.69) is 5.32 Å². The minimum atomic E-state index is -1.37. The van der Waals surface area contributed by atoms with E-state index in [1.807, 2.05) is 24.3 Å². The van der Waals surface area contributed by atoms with Gasteiger partial charge in [0.05, 0.1) is 20.8 Å². The predicted octanol–water partition coefficient (Wildman–Crippen LogP) is 6.30. The van der Waals surface area contributed by atoms with Crippen LogP contribution in [-0.2, 0) is 19.1 Å². The third-order valence-electron chi connectivity index (χ3n) is 4.82. The van der Waals surface area contributed by atoms with Crippen LogP contribution in [0.1, 0.15) is 13.8 Å². The van der Waals surface area contributed by atoms with E-state index in [9.17, 15) is 14.7 Å². The summed E-state index contributed by atoms with van der Waals surface area (Å²) in [6.45, 7) is 2.90. The van der Waals surface area contributed by atoms with Gasteiger partial charge in [-0.2, -0.15) is 0 Å². The highest BCUT2D eigenvalue weighted by Gasteiger charge is 2.39. The fourth-order valence-electron chi connectivity index (χ4n) is 3.40. The van der Waals surface area contributed by atoms with Crippen LogP contribution in [0, 0.1) is 0 Å². The van der Waals surface area contributed by atoms with Crippen LogP contribution in [0.25, 0.3) is 21.9 Å². The van der Waals surface area contributed by atoms with Crippen molar-refractivity contribution < 1.29 is 24.2 Å². The summed E-state index contributed by atoms with van der Waals surface area (Å²) >= 11 is 19.0. The van der Waals surface area contributed by atoms with Crippen LogP contribution in [0.2, 0.25) is 15.1 Å². The Hall–Kier alpha value is -2.93. The van der Waals surface area contributed by atoms with Gasteiger partial charge in [-0.3, -0.25) is 0 Å². The second-order valence-electron chi connectivity index (χ2n) is 7.47. The summed E-state index contributed by atoms with van der Waals surface area (Å²) in [5.41, 5.74) is 0.720. The fraction of sp³-hybridized carbons (Fsp3) is 0.130. The van der Waals surface area contributed by atoms with Crippen LogP contribution in [0.3, 0.4) is 0 Å². The Balaban J connectivity index is 1.89. The summed E-state index contributed by atoms with van der Waals surface area (Å²) in [6, 6.07) is 12.3. The Morgan fingerprint density at radius 2 is 1.62 bits per heavy atom. The molecule has 3 aromatic carbocycles. The standard InChI is InChI=1S/C23H16Cl3NO5/c1-23(2)31-21(29)14(22(30)32-23)10-27-20-13(9-15(24)18(25)19(20)26)17-12-6-4-3-5-11(12)7-8-16(17)28/h3-10,27-28H,1-2H3. The van der Waals surface area contributed by atoms with E-state index in [-0.39, 0.29) is 32.1 Å². The molecule has 0 radical (unpaired) electrons. The largest absolute Gasteiger partial charge is 0.507 e. The number of ether oxygens (including phenoxy) is 2. The number of anilines is 1. The highest BCUT2D eigenvalue weighted by atomic mass is 35.5. The molecule has 0 spiro atoms. The van der Waals surface area contributed by atoms with E-state index in [1.165, 1.54) is 13.8 Å². The van der Waals surface area contributed by atoms with Crippen molar-refractivity contribution in [1.82, 2.24) is 0 Å². The van der Waals surface area contributed by atoms with Crippen molar-refractivity contribution in [2.75, 3.05) is 5.32 Å². The first-order chi connectivity index (χ1) is 15.1. The summed E-state index contributed by atoms with van der Waals surface area (Å²) in [6.07, 6.45) is 1.12. The first-order valence-corrected chi connectivity index (χ1v) is 10.5. The van der Waals surface area contributed by atoms with Gasteiger partial charge in [0, 0.05) is 31.2 Å². The molecule has 0 bridgehead atoms. The van der Waals surface area contributed by atoms with Gasteiger partial charge in [0.1, 0.15) is 5.75 Å². The number of nitrogens with one attached hydrogen (secondary N) is 1. The second kappa shape index (κ2) is 8.20. The Labute approximate surface area is 198 Å². The number of carbonyl (C=O) groups is 2. The van der Waals surface area contributed by atoms with E-state index in [1.54, 1.807) is 18.2 Å². The van der Waals surface area contributed by atoms with Crippen LogP contribution in [0.4, 0.5) is 5.69 Å². The number of phenols is 1. The first kappa shape index (κ1) is 22.3. The minimum absolute atomic E-state index is 0.0212. The zero-order valence-electron chi connectivity index (χ0n) is 16.8. The van der Waals surface area contributed by atoms with Crippen LogP contribution in [0.5, 0.6) is 5.75 Å². The van der Waals surface area contributed by atoms with Gasteiger partial charge in [-0.25, -0.2) is 9.59 Å². The molecule has 1 aliphatic rings. The number of hydrogen-bond acceptors (Lipinski definition) is 6. The number of rotatable bonds is 3. The van der Waals surface area contributed by atoms with Crippen molar-refractivity contribution in [2.45, 2.75) is 19.6 Å². The molecule has 4 rings (SSSR count). The van der Waals surface area contributed by atoms with Gasteiger partial charge in [-0.1, -0.05) is 65.1 Å². The zero-order chi connectivity index (χ0) is 23.2. The maximum absolute atomic E-state index is 12.3. The molecule has 1 fully saturated rings. The van der Waals surface area contributed by atoms with Crippen molar-refractivity contribution in [1.29, 1.82) is 0 Å². The van der Waals surface area contributed by atoms with Crippen molar-refractivity contribution in [3.8, 4) is 16.9 Å². The number of esters is 2. The first-order valence-electron chi connectivity index (χ1n) is 9.41. The number of halogens is 3. The Morgan fingerprint density at radius 3 is 2.31 bits per heavy atom. The maximum Gasteiger partial charge on any atom is 0.350 e. The predicted molar refractivity (Wildman–Crippen MR) is 124 cm³/mol. The van der Waals surface area contributed by atoms with Gasteiger partial charge in [0.2, 0.25) is 0 Å². The molecule has 1 aliphatic heterocycles. The smallest absolute Gasteiger partial charge is 0.350 e. The third-order valence-corrected chi connectivity index (χ3v) is 6.08. The van der Waals surface area contributed by atoms with Crippen molar-refractivity contribution in [2.24, 2.45) is 0 Å². The van der Waals surface area contributed by atoms with E-state index < -0.39 is 17.7 Å². The van der Waals surface area contributed by atoms with Crippen molar-refractivity contribution in [3.63, 3.8) is 0 Å². The molecule has 6 nitrogen and oxygen atoms in total. The van der Waals surface area contributed by atoms with Crippen LogP contribution in [0.15, 0.2) is 54.2 Å². The van der Waals surface area contributed by atoms with Gasteiger partial charge in [0.15, 0.2) is 5.57 Å². The molecule has 9 heteroatoms. The normalized spacial score (nSPS) is 15.3. The summed E-state index contributed by atoms with van der Waals surface area (Å²) in [4.78, 5) is 24.6. The third kappa shape index (κ3) is 3.97. The molecule has 2 N–H and O–H groups in total. The molecule has 1 heterocycles. The highest BCUT2D eigenvalue weighted by molar-refractivity contribution is 6.49. The van der Waals surface area contributed by atoms with Crippen LogP contribution < -0.4 is 5.32 Å². The molecule has 164 valence electrons. The average molecular weight is 493 g/mol. The lowest BCUT2D eigenvalue weighted by molar-refractivity contribution is -0.222. The molecule has 0 saturated carbocycles. The monoisotopic (exact) mass is 491 g/mol. The zero-order valence-corrected chi connectivity index (χ0v) is 19.1. The fourth-order valence-corrected chi connectivity index (χ4v) is 4.06. The van der Waals surface area contributed by atoms with E-state index in [0.717, 1.165) is 17.0 Å². The lowest BCUT2D eigenvalue weighted by Gasteiger charge is -2.29. The van der Waals surface area contributed by atoms with E-state index in [4.69, 9.17) is 44.3 Å². The molecule has 0 unspecified atom stereocenters. The van der Waals surface area contributed by atoms with Gasteiger partial charge in [-0.15, -0.1) is 0 Å². The van der Waals surface area contributed by atoms with E-state index >= 15 is 0 Å². The number of cyclic esters (lactones) is 2. The average Bonchev–Trinajstić information content (AvgIpc) is 2.72.